The van der Waals surface area contributed by atoms with Gasteiger partial charge in [-0.25, -0.2) is 0 Å². The van der Waals surface area contributed by atoms with Crippen molar-refractivity contribution >= 4 is 27.5 Å². The molecule has 0 bridgehead atoms. The largest absolute Gasteiger partial charge is 0.261 e. The summed E-state index contributed by atoms with van der Waals surface area (Å²) in [6.07, 6.45) is 2.68. The molecular formula is C15H15BrClN. The molecule has 0 N–H and O–H groups in total. The summed E-state index contributed by atoms with van der Waals surface area (Å²) in [5.74, 6) is 0. The van der Waals surface area contributed by atoms with Crippen molar-refractivity contribution in [3.63, 3.8) is 0 Å². The van der Waals surface area contributed by atoms with Crippen LogP contribution in [0.3, 0.4) is 0 Å². The highest BCUT2D eigenvalue weighted by atomic mass is 79.9. The summed E-state index contributed by atoms with van der Waals surface area (Å²) in [5, 5.41) is 0.841. The fourth-order valence-corrected chi connectivity index (χ4v) is 3.00. The summed E-state index contributed by atoms with van der Waals surface area (Å²) < 4.78 is 0. The monoisotopic (exact) mass is 323 g/mol. The van der Waals surface area contributed by atoms with E-state index in [1.807, 2.05) is 31.3 Å². The normalized spacial score (nSPS) is 12.4. The lowest BCUT2D eigenvalue weighted by Crippen LogP contribution is -2.01. The van der Waals surface area contributed by atoms with Gasteiger partial charge in [-0.3, -0.25) is 4.98 Å². The maximum absolute atomic E-state index is 6.34. The molecule has 1 aromatic carbocycles. The van der Waals surface area contributed by atoms with Gasteiger partial charge in [-0.15, -0.1) is 0 Å². The van der Waals surface area contributed by atoms with Crippen molar-refractivity contribution in [3.8, 4) is 0 Å². The summed E-state index contributed by atoms with van der Waals surface area (Å²) in [5.41, 5.74) is 4.56. The van der Waals surface area contributed by atoms with Gasteiger partial charge in [0.05, 0.1) is 0 Å². The molecule has 1 atom stereocenters. The van der Waals surface area contributed by atoms with Crippen LogP contribution in [0, 0.1) is 13.8 Å². The van der Waals surface area contributed by atoms with Crippen LogP contribution in [0.2, 0.25) is 5.02 Å². The molecule has 0 spiro atoms. The maximum Gasteiger partial charge on any atom is 0.0478 e. The molecule has 0 saturated carbocycles. The Bertz CT molecular complexity index is 554. The van der Waals surface area contributed by atoms with E-state index in [1.165, 1.54) is 5.56 Å². The van der Waals surface area contributed by atoms with Crippen molar-refractivity contribution in [1.29, 1.82) is 0 Å². The molecule has 0 aliphatic rings. The Hall–Kier alpha value is -0.860. The molecule has 18 heavy (non-hydrogen) atoms. The standard InChI is InChI=1S/C15H15BrClN/c1-10-6-4-8-18-14(10)9-13(16)12-7-3-5-11(2)15(12)17/h3-8,13H,9H2,1-2H3. The van der Waals surface area contributed by atoms with E-state index in [4.69, 9.17) is 11.6 Å². The van der Waals surface area contributed by atoms with E-state index in [0.29, 0.717) is 0 Å². The van der Waals surface area contributed by atoms with Crippen molar-refractivity contribution in [3.05, 3.63) is 63.9 Å². The van der Waals surface area contributed by atoms with E-state index in [2.05, 4.69) is 40.0 Å². The third-order valence-electron chi connectivity index (χ3n) is 3.05. The Balaban J connectivity index is 2.25. The fraction of sp³-hybridized carbons (Fsp3) is 0.267. The van der Waals surface area contributed by atoms with Gasteiger partial charge in [0.2, 0.25) is 0 Å². The summed E-state index contributed by atoms with van der Waals surface area (Å²) >= 11 is 10.1. The number of aryl methyl sites for hydroxylation is 2. The summed E-state index contributed by atoms with van der Waals surface area (Å²) in [4.78, 5) is 4.62. The minimum absolute atomic E-state index is 0.193. The van der Waals surface area contributed by atoms with Gasteiger partial charge >= 0.3 is 0 Å². The van der Waals surface area contributed by atoms with E-state index in [-0.39, 0.29) is 4.83 Å². The molecule has 0 aliphatic carbocycles. The molecule has 2 aromatic rings. The molecule has 0 fully saturated rings. The molecule has 1 unspecified atom stereocenters. The van der Waals surface area contributed by atoms with Crippen molar-refractivity contribution in [2.75, 3.05) is 0 Å². The van der Waals surface area contributed by atoms with Gasteiger partial charge in [-0.1, -0.05) is 51.8 Å². The first-order valence-corrected chi connectivity index (χ1v) is 7.18. The first kappa shape index (κ1) is 13.6. The Morgan fingerprint density at radius 3 is 2.61 bits per heavy atom. The number of hydrogen-bond donors (Lipinski definition) is 0. The lowest BCUT2D eigenvalue weighted by molar-refractivity contribution is 0.891. The second-order valence-corrected chi connectivity index (χ2v) is 5.90. The molecule has 1 aromatic heterocycles. The molecule has 0 aliphatic heterocycles. The van der Waals surface area contributed by atoms with E-state index in [9.17, 15) is 0 Å². The van der Waals surface area contributed by atoms with Crippen LogP contribution in [0.15, 0.2) is 36.5 Å². The predicted molar refractivity (Wildman–Crippen MR) is 80.5 cm³/mol. The molecule has 1 heterocycles. The highest BCUT2D eigenvalue weighted by molar-refractivity contribution is 9.09. The highest BCUT2D eigenvalue weighted by Crippen LogP contribution is 2.33. The third-order valence-corrected chi connectivity index (χ3v) is 4.38. The molecule has 94 valence electrons. The van der Waals surface area contributed by atoms with Crippen molar-refractivity contribution in [2.24, 2.45) is 0 Å². The topological polar surface area (TPSA) is 12.9 Å². The van der Waals surface area contributed by atoms with Crippen LogP contribution in [0.25, 0.3) is 0 Å². The second-order valence-electron chi connectivity index (χ2n) is 4.42. The SMILES string of the molecule is Cc1cccnc1CC(Br)c1cccc(C)c1Cl. The lowest BCUT2D eigenvalue weighted by atomic mass is 10.0. The third kappa shape index (κ3) is 2.93. The molecule has 0 amide bonds. The lowest BCUT2D eigenvalue weighted by Gasteiger charge is -2.14. The quantitative estimate of drug-likeness (QED) is 0.722. The Kier molecular flexibility index (Phi) is 4.41. The molecule has 2 rings (SSSR count). The van der Waals surface area contributed by atoms with Crippen LogP contribution in [-0.2, 0) is 6.42 Å². The van der Waals surface area contributed by atoms with Gasteiger partial charge in [-0.05, 0) is 36.6 Å². The number of halogens is 2. The summed E-state index contributed by atoms with van der Waals surface area (Å²) in [6.45, 7) is 4.11. The Labute approximate surface area is 121 Å². The zero-order valence-corrected chi connectivity index (χ0v) is 12.8. The Morgan fingerprint density at radius 2 is 1.89 bits per heavy atom. The van der Waals surface area contributed by atoms with Crippen LogP contribution in [-0.4, -0.2) is 4.98 Å². The number of nitrogens with zero attached hydrogens (tertiary/aromatic N) is 1. The summed E-state index contributed by atoms with van der Waals surface area (Å²) in [7, 11) is 0. The van der Waals surface area contributed by atoms with Gasteiger partial charge < -0.3 is 0 Å². The van der Waals surface area contributed by atoms with Gasteiger partial charge in [-0.2, -0.15) is 0 Å². The van der Waals surface area contributed by atoms with Gasteiger partial charge in [0, 0.05) is 28.2 Å². The summed E-state index contributed by atoms with van der Waals surface area (Å²) in [6, 6.07) is 10.2. The van der Waals surface area contributed by atoms with Crippen LogP contribution in [0.5, 0.6) is 0 Å². The molecular weight excluding hydrogens is 310 g/mol. The number of pyridine rings is 1. The molecule has 0 radical (unpaired) electrons. The number of hydrogen-bond acceptors (Lipinski definition) is 1. The van der Waals surface area contributed by atoms with Crippen LogP contribution in [0.4, 0.5) is 0 Å². The van der Waals surface area contributed by atoms with Gasteiger partial charge in [0.15, 0.2) is 0 Å². The first-order valence-electron chi connectivity index (χ1n) is 5.89. The minimum atomic E-state index is 0.193. The van der Waals surface area contributed by atoms with Crippen LogP contribution >= 0.6 is 27.5 Å². The predicted octanol–water partition coefficient (Wildman–Crippen LogP) is 5.03. The average Bonchev–Trinajstić information content (AvgIpc) is 2.35. The molecule has 1 nitrogen and oxygen atoms in total. The molecule has 0 saturated heterocycles. The van der Waals surface area contributed by atoms with Crippen molar-refractivity contribution in [2.45, 2.75) is 25.1 Å². The fourth-order valence-electron chi connectivity index (χ4n) is 1.92. The zero-order valence-electron chi connectivity index (χ0n) is 10.5. The number of benzene rings is 1. The van der Waals surface area contributed by atoms with Gasteiger partial charge in [0.1, 0.15) is 0 Å². The zero-order chi connectivity index (χ0) is 13.1. The number of rotatable bonds is 3. The Morgan fingerprint density at radius 1 is 1.17 bits per heavy atom. The minimum Gasteiger partial charge on any atom is -0.261 e. The first-order chi connectivity index (χ1) is 8.59. The number of aromatic nitrogens is 1. The van der Waals surface area contributed by atoms with Crippen molar-refractivity contribution in [1.82, 2.24) is 4.98 Å². The average molecular weight is 325 g/mol. The molecule has 3 heteroatoms. The van der Waals surface area contributed by atoms with E-state index < -0.39 is 0 Å². The second kappa shape index (κ2) is 5.85. The van der Waals surface area contributed by atoms with Crippen LogP contribution < -0.4 is 0 Å². The highest BCUT2D eigenvalue weighted by Gasteiger charge is 2.14. The van der Waals surface area contributed by atoms with E-state index >= 15 is 0 Å². The van der Waals surface area contributed by atoms with Crippen molar-refractivity contribution < 1.29 is 0 Å². The smallest absolute Gasteiger partial charge is 0.0478 e. The number of alkyl halides is 1. The van der Waals surface area contributed by atoms with Gasteiger partial charge in [0.25, 0.3) is 0 Å². The van der Waals surface area contributed by atoms with Crippen LogP contribution in [0.1, 0.15) is 27.2 Å². The maximum atomic E-state index is 6.34. The van der Waals surface area contributed by atoms with E-state index in [1.54, 1.807) is 0 Å². The van der Waals surface area contributed by atoms with E-state index in [0.717, 1.165) is 28.3 Å².